The van der Waals surface area contributed by atoms with Crippen LogP contribution in [0.5, 0.6) is 17.2 Å². The zero-order chi connectivity index (χ0) is 21.2. The molecule has 0 saturated heterocycles. The number of esters is 2. The summed E-state index contributed by atoms with van der Waals surface area (Å²) in [6, 6.07) is 23.1. The molecule has 0 aromatic heterocycles. The van der Waals surface area contributed by atoms with Gasteiger partial charge in [-0.25, -0.2) is 9.59 Å². The van der Waals surface area contributed by atoms with Crippen molar-refractivity contribution < 1.29 is 28.5 Å². The van der Waals surface area contributed by atoms with E-state index >= 15 is 0 Å². The van der Waals surface area contributed by atoms with Crippen molar-refractivity contribution in [1.29, 1.82) is 0 Å². The first-order valence-electron chi connectivity index (χ1n) is 9.52. The topological polar surface area (TPSA) is 71.1 Å². The van der Waals surface area contributed by atoms with Gasteiger partial charge in [-0.3, -0.25) is 0 Å². The van der Waals surface area contributed by atoms with Crippen molar-refractivity contribution in [3.8, 4) is 17.2 Å². The Balaban J connectivity index is 1.75. The van der Waals surface area contributed by atoms with Crippen molar-refractivity contribution in [1.82, 2.24) is 0 Å². The Morgan fingerprint density at radius 1 is 0.800 bits per heavy atom. The number of carbonyl (C=O) groups excluding carboxylic acids is 2. The Morgan fingerprint density at radius 3 is 2.20 bits per heavy atom. The van der Waals surface area contributed by atoms with Gasteiger partial charge in [0.05, 0.1) is 12.2 Å². The molecule has 0 aliphatic heterocycles. The molecule has 30 heavy (non-hydrogen) atoms. The molecule has 3 aromatic rings. The van der Waals surface area contributed by atoms with Gasteiger partial charge in [0.1, 0.15) is 12.4 Å². The van der Waals surface area contributed by atoms with Gasteiger partial charge in [-0.2, -0.15) is 0 Å². The van der Waals surface area contributed by atoms with Crippen molar-refractivity contribution in [2.45, 2.75) is 13.5 Å². The van der Waals surface area contributed by atoms with Crippen LogP contribution in [0, 0.1) is 0 Å². The lowest BCUT2D eigenvalue weighted by Crippen LogP contribution is -2.16. The van der Waals surface area contributed by atoms with Crippen molar-refractivity contribution in [2.24, 2.45) is 0 Å². The fourth-order valence-corrected chi connectivity index (χ4v) is 2.59. The van der Waals surface area contributed by atoms with E-state index in [2.05, 4.69) is 0 Å². The second-order valence-corrected chi connectivity index (χ2v) is 6.23. The minimum Gasteiger partial charge on any atom is -0.489 e. The van der Waals surface area contributed by atoms with E-state index in [1.807, 2.05) is 36.4 Å². The van der Waals surface area contributed by atoms with Crippen LogP contribution >= 0.6 is 0 Å². The number of hydrogen-bond acceptors (Lipinski definition) is 6. The third kappa shape index (κ3) is 6.10. The Labute approximate surface area is 175 Å². The third-order valence-corrected chi connectivity index (χ3v) is 4.03. The molecule has 6 nitrogen and oxygen atoms in total. The van der Waals surface area contributed by atoms with Gasteiger partial charge in [0.2, 0.25) is 0 Å². The number of ether oxygens (including phenoxy) is 4. The minimum atomic E-state index is -0.533. The summed E-state index contributed by atoms with van der Waals surface area (Å²) in [6.45, 7) is 2.01. The van der Waals surface area contributed by atoms with E-state index in [4.69, 9.17) is 18.9 Å². The molecule has 0 radical (unpaired) electrons. The van der Waals surface area contributed by atoms with E-state index in [-0.39, 0.29) is 24.7 Å². The molecule has 0 atom stereocenters. The summed E-state index contributed by atoms with van der Waals surface area (Å²) in [5, 5.41) is 0. The minimum absolute atomic E-state index is 0.181. The Hall–Kier alpha value is -3.80. The second kappa shape index (κ2) is 10.7. The highest BCUT2D eigenvalue weighted by Crippen LogP contribution is 2.32. The van der Waals surface area contributed by atoms with Crippen LogP contribution in [0.4, 0.5) is 0 Å². The van der Waals surface area contributed by atoms with E-state index in [1.165, 1.54) is 0 Å². The molecule has 0 aliphatic carbocycles. The molecule has 3 rings (SSSR count). The predicted molar refractivity (Wildman–Crippen MR) is 111 cm³/mol. The molecular formula is C24H22O6. The summed E-state index contributed by atoms with van der Waals surface area (Å²) in [6.07, 6.45) is 0. The van der Waals surface area contributed by atoms with Gasteiger partial charge in [-0.1, -0.05) is 48.5 Å². The van der Waals surface area contributed by atoms with Crippen LogP contribution in [0.1, 0.15) is 22.8 Å². The van der Waals surface area contributed by atoms with Gasteiger partial charge in [0.15, 0.2) is 18.1 Å². The zero-order valence-corrected chi connectivity index (χ0v) is 16.6. The Morgan fingerprint density at radius 2 is 1.50 bits per heavy atom. The molecule has 0 heterocycles. The standard InChI is InChI=1S/C24H22O6/c1-2-27-23(25)17-29-22-15-20(28-16-18-9-5-3-6-10-18)13-14-21(22)30-24(26)19-11-7-4-8-12-19/h3-15H,2,16-17H2,1H3. The average molecular weight is 406 g/mol. The molecule has 0 spiro atoms. The third-order valence-electron chi connectivity index (χ3n) is 4.03. The zero-order valence-electron chi connectivity index (χ0n) is 16.6. The maximum Gasteiger partial charge on any atom is 0.344 e. The average Bonchev–Trinajstić information content (AvgIpc) is 2.79. The van der Waals surface area contributed by atoms with E-state index < -0.39 is 11.9 Å². The summed E-state index contributed by atoms with van der Waals surface area (Å²) < 4.78 is 21.7. The van der Waals surface area contributed by atoms with Crippen molar-refractivity contribution >= 4 is 11.9 Å². The van der Waals surface area contributed by atoms with E-state index in [0.717, 1.165) is 5.56 Å². The highest BCUT2D eigenvalue weighted by molar-refractivity contribution is 5.91. The summed E-state index contributed by atoms with van der Waals surface area (Å²) in [4.78, 5) is 24.1. The first kappa shape index (κ1) is 20.9. The van der Waals surface area contributed by atoms with Gasteiger partial charge in [-0.15, -0.1) is 0 Å². The molecule has 3 aromatic carbocycles. The van der Waals surface area contributed by atoms with Gasteiger partial charge in [0.25, 0.3) is 0 Å². The molecule has 0 fully saturated rings. The SMILES string of the molecule is CCOC(=O)COc1cc(OCc2ccccc2)ccc1OC(=O)c1ccccc1. The molecule has 0 saturated carbocycles. The van der Waals surface area contributed by atoms with Gasteiger partial charge in [0, 0.05) is 6.07 Å². The van der Waals surface area contributed by atoms with Crippen LogP contribution in [0.15, 0.2) is 78.9 Å². The lowest BCUT2D eigenvalue weighted by atomic mass is 10.2. The summed E-state index contributed by atoms with van der Waals surface area (Å²) in [5.41, 5.74) is 1.41. The van der Waals surface area contributed by atoms with Crippen LogP contribution in [0.25, 0.3) is 0 Å². The normalized spacial score (nSPS) is 10.2. The summed E-state index contributed by atoms with van der Waals surface area (Å²) >= 11 is 0. The van der Waals surface area contributed by atoms with E-state index in [1.54, 1.807) is 49.4 Å². The van der Waals surface area contributed by atoms with Gasteiger partial charge >= 0.3 is 11.9 Å². The molecule has 0 bridgehead atoms. The van der Waals surface area contributed by atoms with E-state index in [9.17, 15) is 9.59 Å². The maximum absolute atomic E-state index is 12.4. The smallest absolute Gasteiger partial charge is 0.344 e. The second-order valence-electron chi connectivity index (χ2n) is 6.23. The van der Waals surface area contributed by atoms with Crippen molar-refractivity contribution in [2.75, 3.05) is 13.2 Å². The van der Waals surface area contributed by atoms with Crippen LogP contribution in [0.3, 0.4) is 0 Å². The highest BCUT2D eigenvalue weighted by atomic mass is 16.6. The number of rotatable bonds is 9. The lowest BCUT2D eigenvalue weighted by Gasteiger charge is -2.14. The molecule has 0 unspecified atom stereocenters. The Bertz CT molecular complexity index is 970. The van der Waals surface area contributed by atoms with Crippen LogP contribution in [-0.2, 0) is 16.1 Å². The monoisotopic (exact) mass is 406 g/mol. The fourth-order valence-electron chi connectivity index (χ4n) is 2.59. The van der Waals surface area contributed by atoms with Crippen LogP contribution in [-0.4, -0.2) is 25.2 Å². The lowest BCUT2D eigenvalue weighted by molar-refractivity contribution is -0.145. The molecule has 0 N–H and O–H groups in total. The first-order valence-corrected chi connectivity index (χ1v) is 9.52. The summed E-state index contributed by atoms with van der Waals surface area (Å²) in [7, 11) is 0. The predicted octanol–water partition coefficient (Wildman–Crippen LogP) is 4.43. The number of benzene rings is 3. The number of hydrogen-bond donors (Lipinski definition) is 0. The molecule has 154 valence electrons. The Kier molecular flexibility index (Phi) is 7.44. The number of carbonyl (C=O) groups is 2. The van der Waals surface area contributed by atoms with Crippen LogP contribution in [0.2, 0.25) is 0 Å². The highest BCUT2D eigenvalue weighted by Gasteiger charge is 2.15. The van der Waals surface area contributed by atoms with Crippen molar-refractivity contribution in [3.63, 3.8) is 0 Å². The molecular weight excluding hydrogens is 384 g/mol. The van der Waals surface area contributed by atoms with Gasteiger partial charge in [-0.05, 0) is 36.8 Å². The maximum atomic E-state index is 12.4. The molecule has 0 amide bonds. The fraction of sp³-hybridized carbons (Fsp3) is 0.167. The van der Waals surface area contributed by atoms with Crippen LogP contribution < -0.4 is 14.2 Å². The molecule has 6 heteroatoms. The first-order chi connectivity index (χ1) is 14.7. The molecule has 0 aliphatic rings. The van der Waals surface area contributed by atoms with E-state index in [0.29, 0.717) is 17.9 Å². The quantitative estimate of drug-likeness (QED) is 0.387. The van der Waals surface area contributed by atoms with Crippen molar-refractivity contribution in [3.05, 3.63) is 90.0 Å². The van der Waals surface area contributed by atoms with Gasteiger partial charge < -0.3 is 18.9 Å². The summed E-state index contributed by atoms with van der Waals surface area (Å²) in [5.74, 6) is -0.154. The largest absolute Gasteiger partial charge is 0.489 e.